The molecule has 1 aliphatic rings. The third-order valence-electron chi connectivity index (χ3n) is 8.65. The molecule has 0 radical (unpaired) electrons. The molecule has 0 aliphatic carbocycles. The minimum absolute atomic E-state index is 0.118. The number of carbonyl (C=O) groups is 2. The lowest BCUT2D eigenvalue weighted by Crippen LogP contribution is -2.29. The van der Waals surface area contributed by atoms with Crippen LogP contribution >= 0.6 is 23.1 Å². The number of Topliss-reactive ketones (excluding diaryl/α,β-unsaturated/α-hetero) is 1. The van der Waals surface area contributed by atoms with E-state index in [-0.39, 0.29) is 22.3 Å². The molecule has 5 aromatic rings. The molecule has 1 saturated heterocycles. The number of halogens is 1. The number of aryl methyl sites for hydroxylation is 1. The van der Waals surface area contributed by atoms with Gasteiger partial charge in [-0.3, -0.25) is 14.5 Å². The van der Waals surface area contributed by atoms with Gasteiger partial charge >= 0.3 is 5.91 Å². The van der Waals surface area contributed by atoms with E-state index in [0.717, 1.165) is 41.7 Å². The van der Waals surface area contributed by atoms with Gasteiger partial charge in [0.25, 0.3) is 5.78 Å². The van der Waals surface area contributed by atoms with E-state index in [1.165, 1.54) is 29.8 Å². The first kappa shape index (κ1) is 36.6. The van der Waals surface area contributed by atoms with Gasteiger partial charge in [-0.1, -0.05) is 91.4 Å². The Balaban J connectivity index is 1.34. The van der Waals surface area contributed by atoms with Crippen molar-refractivity contribution in [2.75, 3.05) is 18.6 Å². The standard InChI is InChI=1S/C40H38FN3O6S2/c1-4-5-10-21-49-32-20-17-27(22-33(32)48-3)35-34(36(45)26-15-18-30(19-16-26)50-23-28-12-7-6-11-25(28)2)37(46)38(47)44(35)39-42-43-40(52-39)51-24-29-13-8-9-14-31(29)41/h6-9,11-20,22,35,45H,4-5,10,21,23-24H2,1-3H3/b36-34+. The first-order chi connectivity index (χ1) is 25.3. The average molecular weight is 740 g/mol. The Morgan fingerprint density at radius 2 is 1.67 bits per heavy atom. The molecule has 2 heterocycles. The molecular formula is C40H38FN3O6S2. The molecule has 1 aliphatic heterocycles. The lowest BCUT2D eigenvalue weighted by Gasteiger charge is -2.23. The molecule has 1 fully saturated rings. The van der Waals surface area contributed by atoms with Gasteiger partial charge in [0.05, 0.1) is 25.3 Å². The van der Waals surface area contributed by atoms with Crippen molar-refractivity contribution >= 4 is 45.7 Å². The number of amides is 1. The van der Waals surface area contributed by atoms with Crippen LogP contribution < -0.4 is 19.1 Å². The van der Waals surface area contributed by atoms with Crippen molar-refractivity contribution in [2.45, 2.75) is 55.9 Å². The first-order valence-electron chi connectivity index (χ1n) is 16.9. The summed E-state index contributed by atoms with van der Waals surface area (Å²) in [5, 5.41) is 20.4. The van der Waals surface area contributed by atoms with Gasteiger partial charge in [-0.25, -0.2) is 4.39 Å². The summed E-state index contributed by atoms with van der Waals surface area (Å²) in [4.78, 5) is 28.9. The molecular weight excluding hydrogens is 702 g/mol. The van der Waals surface area contributed by atoms with Crippen LogP contribution in [0.15, 0.2) is 101 Å². The van der Waals surface area contributed by atoms with Crippen LogP contribution in [0.2, 0.25) is 0 Å². The van der Waals surface area contributed by atoms with Crippen LogP contribution in [0.1, 0.15) is 60.0 Å². The number of aromatic nitrogens is 2. The zero-order chi connectivity index (χ0) is 36.6. The van der Waals surface area contributed by atoms with Crippen LogP contribution in [0.25, 0.3) is 5.76 Å². The number of methoxy groups -OCH3 is 1. The van der Waals surface area contributed by atoms with Crippen LogP contribution in [0.3, 0.4) is 0 Å². The molecule has 0 saturated carbocycles. The fourth-order valence-electron chi connectivity index (χ4n) is 5.76. The van der Waals surface area contributed by atoms with Gasteiger partial charge in [-0.15, -0.1) is 10.2 Å². The third kappa shape index (κ3) is 8.13. The lowest BCUT2D eigenvalue weighted by atomic mass is 9.95. The van der Waals surface area contributed by atoms with Gasteiger partial charge in [0.15, 0.2) is 15.8 Å². The number of carbonyl (C=O) groups excluding carboxylic acids is 2. The van der Waals surface area contributed by atoms with Gasteiger partial charge in [0.1, 0.15) is 23.9 Å². The maximum Gasteiger partial charge on any atom is 0.301 e. The smallest absolute Gasteiger partial charge is 0.301 e. The fourth-order valence-corrected chi connectivity index (χ4v) is 7.62. The Kier molecular flexibility index (Phi) is 11.9. The molecule has 1 N–H and O–H groups in total. The molecule has 1 amide bonds. The highest BCUT2D eigenvalue weighted by Gasteiger charge is 2.48. The van der Waals surface area contributed by atoms with E-state index >= 15 is 0 Å². The molecule has 9 nitrogen and oxygen atoms in total. The van der Waals surface area contributed by atoms with Crippen LogP contribution in [0.4, 0.5) is 9.52 Å². The summed E-state index contributed by atoms with van der Waals surface area (Å²) in [6, 6.07) is 25.2. The minimum Gasteiger partial charge on any atom is -0.507 e. The molecule has 4 aromatic carbocycles. The fraction of sp³-hybridized carbons (Fsp3) is 0.250. The Morgan fingerprint density at radius 1 is 0.923 bits per heavy atom. The summed E-state index contributed by atoms with van der Waals surface area (Å²) in [6.45, 7) is 5.00. The predicted molar refractivity (Wildman–Crippen MR) is 201 cm³/mol. The molecule has 52 heavy (non-hydrogen) atoms. The number of hydrogen-bond acceptors (Lipinski definition) is 10. The number of nitrogens with zero attached hydrogens (tertiary/aromatic N) is 3. The van der Waals surface area contributed by atoms with E-state index in [2.05, 4.69) is 17.1 Å². The van der Waals surface area contributed by atoms with E-state index < -0.39 is 17.7 Å². The number of aliphatic hydroxyl groups is 1. The van der Waals surface area contributed by atoms with E-state index in [1.54, 1.807) is 60.7 Å². The van der Waals surface area contributed by atoms with Crippen LogP contribution in [-0.4, -0.2) is 40.7 Å². The van der Waals surface area contributed by atoms with Gasteiger partial charge in [0.2, 0.25) is 5.13 Å². The SMILES string of the molecule is CCCCCOc1ccc(C2/C(=C(\O)c3ccc(OCc4ccccc4C)cc3)C(=O)C(=O)N2c2nnc(SCc3ccccc3F)s2)cc1OC. The molecule has 0 bridgehead atoms. The minimum atomic E-state index is -1.07. The van der Waals surface area contributed by atoms with Crippen molar-refractivity contribution in [3.8, 4) is 17.2 Å². The Hall–Kier alpha value is -5.20. The quantitative estimate of drug-likeness (QED) is 0.0281. The van der Waals surface area contributed by atoms with E-state index in [9.17, 15) is 19.1 Å². The lowest BCUT2D eigenvalue weighted by molar-refractivity contribution is -0.132. The monoisotopic (exact) mass is 739 g/mol. The van der Waals surface area contributed by atoms with Crippen molar-refractivity contribution in [3.63, 3.8) is 0 Å². The molecule has 1 aromatic heterocycles. The van der Waals surface area contributed by atoms with Crippen molar-refractivity contribution < 1.29 is 33.3 Å². The number of thioether (sulfide) groups is 1. The van der Waals surface area contributed by atoms with Gasteiger partial charge < -0.3 is 19.3 Å². The van der Waals surface area contributed by atoms with Crippen LogP contribution in [0.5, 0.6) is 17.2 Å². The molecule has 1 atom stereocenters. The van der Waals surface area contributed by atoms with Crippen molar-refractivity contribution in [1.29, 1.82) is 0 Å². The third-order valence-corrected chi connectivity index (χ3v) is 10.8. The maximum absolute atomic E-state index is 14.3. The number of ether oxygens (including phenoxy) is 3. The molecule has 12 heteroatoms. The molecule has 0 spiro atoms. The summed E-state index contributed by atoms with van der Waals surface area (Å²) < 4.78 is 32.4. The van der Waals surface area contributed by atoms with Crippen molar-refractivity contribution in [1.82, 2.24) is 10.2 Å². The highest BCUT2D eigenvalue weighted by atomic mass is 32.2. The second-order valence-electron chi connectivity index (χ2n) is 12.1. The molecule has 6 rings (SSSR count). The predicted octanol–water partition coefficient (Wildman–Crippen LogP) is 9.06. The number of anilines is 1. The van der Waals surface area contributed by atoms with Crippen molar-refractivity contribution in [2.24, 2.45) is 0 Å². The highest BCUT2D eigenvalue weighted by Crippen LogP contribution is 2.46. The molecule has 268 valence electrons. The Morgan fingerprint density at radius 3 is 2.40 bits per heavy atom. The zero-order valence-corrected chi connectivity index (χ0v) is 30.6. The largest absolute Gasteiger partial charge is 0.507 e. The van der Waals surface area contributed by atoms with Crippen molar-refractivity contribution in [3.05, 3.63) is 130 Å². The summed E-state index contributed by atoms with van der Waals surface area (Å²) in [5.41, 5.74) is 3.36. The zero-order valence-electron chi connectivity index (χ0n) is 29.0. The number of aliphatic hydroxyl groups excluding tert-OH is 1. The second kappa shape index (κ2) is 16.9. The highest BCUT2D eigenvalue weighted by molar-refractivity contribution is 8.00. The maximum atomic E-state index is 14.3. The van der Waals surface area contributed by atoms with Crippen LogP contribution in [0, 0.1) is 12.7 Å². The number of rotatable bonds is 15. The normalized spacial score (nSPS) is 15.2. The summed E-state index contributed by atoms with van der Waals surface area (Å²) in [7, 11) is 1.52. The first-order valence-corrected chi connectivity index (χ1v) is 18.7. The number of benzene rings is 4. The van der Waals surface area contributed by atoms with E-state index in [1.807, 2.05) is 31.2 Å². The topological polar surface area (TPSA) is 111 Å². The van der Waals surface area contributed by atoms with E-state index in [4.69, 9.17) is 14.2 Å². The summed E-state index contributed by atoms with van der Waals surface area (Å²) in [6.07, 6.45) is 2.96. The average Bonchev–Trinajstić information content (AvgIpc) is 3.74. The summed E-state index contributed by atoms with van der Waals surface area (Å²) in [5.74, 6) is -0.633. The Bertz CT molecular complexity index is 2080. The number of ketones is 1. The van der Waals surface area contributed by atoms with Gasteiger partial charge in [-0.05, 0) is 78.1 Å². The summed E-state index contributed by atoms with van der Waals surface area (Å²) >= 11 is 2.36. The van der Waals surface area contributed by atoms with E-state index in [0.29, 0.717) is 57.2 Å². The number of hydrogen-bond donors (Lipinski definition) is 1. The number of unbranched alkanes of at least 4 members (excludes halogenated alkanes) is 2. The Labute approximate surface area is 310 Å². The van der Waals surface area contributed by atoms with Crippen LogP contribution in [-0.2, 0) is 21.9 Å². The molecule has 1 unspecified atom stereocenters. The second-order valence-corrected chi connectivity index (χ2v) is 14.3. The van der Waals surface area contributed by atoms with Gasteiger partial charge in [-0.2, -0.15) is 0 Å². The van der Waals surface area contributed by atoms with Gasteiger partial charge in [0, 0.05) is 11.3 Å².